The molecule has 0 unspecified atom stereocenters. The number of aromatic nitrogens is 2. The summed E-state index contributed by atoms with van der Waals surface area (Å²) in [6.07, 6.45) is 2.16. The van der Waals surface area contributed by atoms with Gasteiger partial charge in [-0.05, 0) is 55.7 Å². The first kappa shape index (κ1) is 21.6. The van der Waals surface area contributed by atoms with E-state index in [1.165, 1.54) is 4.90 Å². The highest BCUT2D eigenvalue weighted by Crippen LogP contribution is 2.39. The van der Waals surface area contributed by atoms with Gasteiger partial charge in [0.1, 0.15) is 5.75 Å². The van der Waals surface area contributed by atoms with Crippen LogP contribution in [0.15, 0.2) is 60.7 Å². The number of rotatable bonds is 9. The molecule has 0 radical (unpaired) electrons. The minimum Gasteiger partial charge on any atom is -0.494 e. The van der Waals surface area contributed by atoms with E-state index in [1.807, 2.05) is 61.5 Å². The van der Waals surface area contributed by atoms with E-state index >= 15 is 0 Å². The Morgan fingerprint density at radius 1 is 1.09 bits per heavy atom. The summed E-state index contributed by atoms with van der Waals surface area (Å²) >= 11 is 0. The largest absolute Gasteiger partial charge is 0.494 e. The summed E-state index contributed by atoms with van der Waals surface area (Å²) in [6, 6.07) is 18.8. The number of hydrogen-bond acceptors (Lipinski definition) is 5. The van der Waals surface area contributed by atoms with Crippen LogP contribution in [0.25, 0.3) is 5.69 Å². The molecule has 7 heteroatoms. The molecule has 1 saturated carbocycles. The number of carbonyl (C=O) groups is 2. The molecule has 1 fully saturated rings. The van der Waals surface area contributed by atoms with Crippen molar-refractivity contribution in [3.8, 4) is 11.4 Å². The van der Waals surface area contributed by atoms with Gasteiger partial charge in [0, 0.05) is 19.5 Å². The average Bonchev–Trinajstić information content (AvgIpc) is 3.57. The molecule has 1 amide bonds. The van der Waals surface area contributed by atoms with Gasteiger partial charge >= 0.3 is 5.97 Å². The number of esters is 1. The summed E-state index contributed by atoms with van der Waals surface area (Å²) < 4.78 is 12.4. The van der Waals surface area contributed by atoms with Crippen molar-refractivity contribution >= 4 is 11.9 Å². The first-order valence-electron chi connectivity index (χ1n) is 10.8. The molecule has 0 aliphatic heterocycles. The molecule has 0 N–H and O–H groups in total. The number of likely N-dealkylation sites (N-methyl/N-ethyl adjacent to an activating group) is 1. The van der Waals surface area contributed by atoms with Crippen molar-refractivity contribution < 1.29 is 19.1 Å². The van der Waals surface area contributed by atoms with Crippen molar-refractivity contribution in [2.75, 3.05) is 20.3 Å². The molecule has 0 saturated heterocycles. The maximum atomic E-state index is 12.8. The molecular formula is C25H27N3O4. The molecule has 1 heterocycles. The van der Waals surface area contributed by atoms with Crippen molar-refractivity contribution in [3.63, 3.8) is 0 Å². The van der Waals surface area contributed by atoms with Crippen molar-refractivity contribution in [2.45, 2.75) is 32.2 Å². The topological polar surface area (TPSA) is 73.7 Å². The van der Waals surface area contributed by atoms with Gasteiger partial charge in [-0.15, -0.1) is 0 Å². The number of benzene rings is 2. The predicted molar refractivity (Wildman–Crippen MR) is 120 cm³/mol. The smallest absolute Gasteiger partial charge is 0.357 e. The molecule has 2 aromatic carbocycles. The van der Waals surface area contributed by atoms with E-state index in [1.54, 1.807) is 17.8 Å². The van der Waals surface area contributed by atoms with Crippen molar-refractivity contribution in [1.29, 1.82) is 0 Å². The normalized spacial score (nSPS) is 12.9. The number of ether oxygens (including phenoxy) is 2. The summed E-state index contributed by atoms with van der Waals surface area (Å²) in [5.74, 6) is 0.352. The molecular weight excluding hydrogens is 406 g/mol. The van der Waals surface area contributed by atoms with Crippen LogP contribution in [0, 0.1) is 0 Å². The molecule has 1 aliphatic rings. The van der Waals surface area contributed by atoms with E-state index < -0.39 is 5.97 Å². The first-order valence-corrected chi connectivity index (χ1v) is 10.8. The third-order valence-electron chi connectivity index (χ3n) is 5.34. The van der Waals surface area contributed by atoms with Crippen LogP contribution in [-0.4, -0.2) is 46.8 Å². The summed E-state index contributed by atoms with van der Waals surface area (Å²) in [4.78, 5) is 26.9. The monoisotopic (exact) mass is 433 g/mol. The van der Waals surface area contributed by atoms with Crippen LogP contribution in [0.4, 0.5) is 0 Å². The van der Waals surface area contributed by atoms with Gasteiger partial charge in [0.05, 0.1) is 18.0 Å². The van der Waals surface area contributed by atoms with Crippen LogP contribution in [0.2, 0.25) is 0 Å². The van der Waals surface area contributed by atoms with Crippen molar-refractivity contribution in [1.82, 2.24) is 14.7 Å². The van der Waals surface area contributed by atoms with Gasteiger partial charge in [0.25, 0.3) is 5.91 Å². The first-order chi connectivity index (χ1) is 15.5. The minimum atomic E-state index is -0.559. The second-order valence-electron chi connectivity index (χ2n) is 7.88. The number of amides is 1. The lowest BCUT2D eigenvalue weighted by molar-refractivity contribution is -0.133. The Bertz CT molecular complexity index is 1070. The van der Waals surface area contributed by atoms with E-state index in [9.17, 15) is 9.59 Å². The van der Waals surface area contributed by atoms with E-state index in [2.05, 4.69) is 5.10 Å². The molecule has 166 valence electrons. The van der Waals surface area contributed by atoms with E-state index in [-0.39, 0.29) is 12.5 Å². The summed E-state index contributed by atoms with van der Waals surface area (Å²) in [7, 11) is 1.69. The molecule has 32 heavy (non-hydrogen) atoms. The maximum Gasteiger partial charge on any atom is 0.357 e. The highest BCUT2D eigenvalue weighted by molar-refractivity contribution is 5.90. The van der Waals surface area contributed by atoms with Crippen LogP contribution in [0.1, 0.15) is 47.4 Å². The summed E-state index contributed by atoms with van der Waals surface area (Å²) in [5, 5.41) is 4.61. The number of para-hydroxylation sites is 1. The third-order valence-corrected chi connectivity index (χ3v) is 5.34. The van der Waals surface area contributed by atoms with Gasteiger partial charge in [0.2, 0.25) is 0 Å². The zero-order valence-electron chi connectivity index (χ0n) is 18.4. The fourth-order valence-corrected chi connectivity index (χ4v) is 3.42. The molecule has 1 aliphatic carbocycles. The Kier molecular flexibility index (Phi) is 6.54. The predicted octanol–water partition coefficient (Wildman–Crippen LogP) is 3.96. The number of carbonyl (C=O) groups excluding carboxylic acids is 2. The second-order valence-corrected chi connectivity index (χ2v) is 7.88. The van der Waals surface area contributed by atoms with Crippen LogP contribution in [0.3, 0.4) is 0 Å². The lowest BCUT2D eigenvalue weighted by Gasteiger charge is -2.17. The SMILES string of the molecule is CCOc1ccc(CN(C)C(=O)COC(=O)c2cc(C3CC3)nn2-c2ccccc2)cc1. The van der Waals surface area contributed by atoms with Gasteiger partial charge in [-0.1, -0.05) is 30.3 Å². The lowest BCUT2D eigenvalue weighted by Crippen LogP contribution is -2.31. The molecule has 0 bridgehead atoms. The Balaban J connectivity index is 1.38. The van der Waals surface area contributed by atoms with Gasteiger partial charge in [-0.2, -0.15) is 5.10 Å². The average molecular weight is 434 g/mol. The van der Waals surface area contributed by atoms with Crippen LogP contribution in [-0.2, 0) is 16.1 Å². The maximum absolute atomic E-state index is 12.8. The lowest BCUT2D eigenvalue weighted by atomic mass is 10.2. The molecule has 1 aromatic heterocycles. The fourth-order valence-electron chi connectivity index (χ4n) is 3.42. The Morgan fingerprint density at radius 2 is 1.81 bits per heavy atom. The Labute approximate surface area is 187 Å². The highest BCUT2D eigenvalue weighted by Gasteiger charge is 2.29. The van der Waals surface area contributed by atoms with Gasteiger partial charge in [-0.25, -0.2) is 9.48 Å². The number of hydrogen-bond donors (Lipinski definition) is 0. The molecule has 7 nitrogen and oxygen atoms in total. The van der Waals surface area contributed by atoms with Crippen molar-refractivity contribution in [3.05, 3.63) is 77.6 Å². The van der Waals surface area contributed by atoms with Crippen molar-refractivity contribution in [2.24, 2.45) is 0 Å². The van der Waals surface area contributed by atoms with Gasteiger partial charge in [0.15, 0.2) is 12.3 Å². The molecule has 0 spiro atoms. The number of nitrogens with zero attached hydrogens (tertiary/aromatic N) is 3. The van der Waals surface area contributed by atoms with Gasteiger partial charge < -0.3 is 14.4 Å². The Hall–Kier alpha value is -3.61. The minimum absolute atomic E-state index is 0.277. The molecule has 3 aromatic rings. The Morgan fingerprint density at radius 3 is 2.47 bits per heavy atom. The van der Waals surface area contributed by atoms with E-state index in [0.717, 1.165) is 35.5 Å². The highest BCUT2D eigenvalue weighted by atomic mass is 16.5. The zero-order chi connectivity index (χ0) is 22.5. The van der Waals surface area contributed by atoms with Crippen LogP contribution < -0.4 is 4.74 Å². The quantitative estimate of drug-likeness (QED) is 0.478. The summed E-state index contributed by atoms with van der Waals surface area (Å²) in [6.45, 7) is 2.62. The van der Waals surface area contributed by atoms with Gasteiger partial charge in [-0.3, -0.25) is 4.79 Å². The van der Waals surface area contributed by atoms with E-state index in [0.29, 0.717) is 24.8 Å². The summed E-state index contributed by atoms with van der Waals surface area (Å²) in [5.41, 5.74) is 2.97. The van der Waals surface area contributed by atoms with Crippen LogP contribution >= 0.6 is 0 Å². The molecule has 0 atom stereocenters. The standard InChI is InChI=1S/C25H27N3O4/c1-3-31-21-13-9-18(10-14-21)16-27(2)24(29)17-32-25(30)23-15-22(19-11-12-19)26-28(23)20-7-5-4-6-8-20/h4-10,13-15,19H,3,11-12,16-17H2,1-2H3. The molecule has 4 rings (SSSR count). The fraction of sp³-hybridized carbons (Fsp3) is 0.320. The van der Waals surface area contributed by atoms with E-state index in [4.69, 9.17) is 9.47 Å². The van der Waals surface area contributed by atoms with Crippen LogP contribution in [0.5, 0.6) is 5.75 Å². The third kappa shape index (κ3) is 5.17. The zero-order valence-corrected chi connectivity index (χ0v) is 18.4. The second kappa shape index (κ2) is 9.68.